The van der Waals surface area contributed by atoms with E-state index in [-0.39, 0.29) is 5.56 Å². The van der Waals surface area contributed by atoms with E-state index in [1.54, 1.807) is 6.07 Å². The van der Waals surface area contributed by atoms with E-state index in [4.69, 9.17) is 5.73 Å². The van der Waals surface area contributed by atoms with Gasteiger partial charge in [0, 0.05) is 22.6 Å². The predicted molar refractivity (Wildman–Crippen MR) is 48.1 cm³/mol. The standard InChI is InChI=1S/C8H8BrF2N/c1-8(10,11)6-4-5(12)2-3-7(6)9/h2-4H,12H2,1H3. The minimum Gasteiger partial charge on any atom is -0.399 e. The SMILES string of the molecule is CC(F)(F)c1cc(N)ccc1Br. The topological polar surface area (TPSA) is 26.0 Å². The van der Waals surface area contributed by atoms with Gasteiger partial charge in [-0.25, -0.2) is 8.78 Å². The summed E-state index contributed by atoms with van der Waals surface area (Å²) in [5.74, 6) is -2.85. The first-order chi connectivity index (χ1) is 5.41. The van der Waals surface area contributed by atoms with E-state index >= 15 is 0 Å². The summed E-state index contributed by atoms with van der Waals surface area (Å²) in [7, 11) is 0. The molecule has 4 heteroatoms. The fraction of sp³-hybridized carbons (Fsp3) is 0.250. The minimum absolute atomic E-state index is 0.0810. The number of hydrogen-bond donors (Lipinski definition) is 1. The summed E-state index contributed by atoms with van der Waals surface area (Å²) in [6, 6.07) is 4.35. The first kappa shape index (κ1) is 9.45. The smallest absolute Gasteiger partial charge is 0.271 e. The van der Waals surface area contributed by atoms with Crippen molar-refractivity contribution in [3.63, 3.8) is 0 Å². The molecule has 0 aliphatic carbocycles. The van der Waals surface area contributed by atoms with Crippen LogP contribution >= 0.6 is 15.9 Å². The molecule has 1 nitrogen and oxygen atoms in total. The van der Waals surface area contributed by atoms with Gasteiger partial charge in [-0.05, 0) is 18.2 Å². The molecule has 12 heavy (non-hydrogen) atoms. The highest BCUT2D eigenvalue weighted by molar-refractivity contribution is 9.10. The van der Waals surface area contributed by atoms with Crippen LogP contribution in [-0.4, -0.2) is 0 Å². The Balaban J connectivity index is 3.23. The van der Waals surface area contributed by atoms with Crippen LogP contribution in [0.15, 0.2) is 22.7 Å². The van der Waals surface area contributed by atoms with E-state index in [1.165, 1.54) is 12.1 Å². The Morgan fingerprint density at radius 1 is 1.42 bits per heavy atom. The Morgan fingerprint density at radius 2 is 2.00 bits per heavy atom. The average Bonchev–Trinajstić information content (AvgIpc) is 1.92. The fourth-order valence-corrected chi connectivity index (χ4v) is 1.47. The summed E-state index contributed by atoms with van der Waals surface area (Å²) in [5.41, 5.74) is 5.63. The third kappa shape index (κ3) is 1.94. The molecule has 66 valence electrons. The van der Waals surface area contributed by atoms with Crippen molar-refractivity contribution in [1.82, 2.24) is 0 Å². The molecule has 0 spiro atoms. The maximum atomic E-state index is 12.8. The van der Waals surface area contributed by atoms with E-state index in [9.17, 15) is 8.78 Å². The largest absolute Gasteiger partial charge is 0.399 e. The molecule has 1 rings (SSSR count). The van der Waals surface area contributed by atoms with E-state index < -0.39 is 5.92 Å². The Kier molecular flexibility index (Phi) is 2.37. The van der Waals surface area contributed by atoms with Crippen LogP contribution in [0.1, 0.15) is 12.5 Å². The lowest BCUT2D eigenvalue weighted by atomic mass is 10.1. The molecule has 0 radical (unpaired) electrons. The molecule has 0 amide bonds. The highest BCUT2D eigenvalue weighted by Crippen LogP contribution is 2.33. The Labute approximate surface area is 77.7 Å². The van der Waals surface area contributed by atoms with E-state index in [0.29, 0.717) is 10.2 Å². The lowest BCUT2D eigenvalue weighted by Gasteiger charge is -2.12. The third-order valence-corrected chi connectivity index (χ3v) is 2.15. The van der Waals surface area contributed by atoms with Crippen LogP contribution in [0.25, 0.3) is 0 Å². The van der Waals surface area contributed by atoms with Gasteiger partial charge in [-0.2, -0.15) is 0 Å². The molecule has 0 atom stereocenters. The van der Waals surface area contributed by atoms with Crippen LogP contribution in [0, 0.1) is 0 Å². The molecular weight excluding hydrogens is 228 g/mol. The van der Waals surface area contributed by atoms with Gasteiger partial charge in [0.05, 0.1) is 0 Å². The lowest BCUT2D eigenvalue weighted by Crippen LogP contribution is -2.08. The van der Waals surface area contributed by atoms with Crippen molar-refractivity contribution in [2.45, 2.75) is 12.8 Å². The van der Waals surface area contributed by atoms with Gasteiger partial charge in [0.2, 0.25) is 0 Å². The number of anilines is 1. The number of rotatable bonds is 1. The molecule has 0 heterocycles. The zero-order valence-electron chi connectivity index (χ0n) is 6.44. The van der Waals surface area contributed by atoms with Crippen LogP contribution in [0.4, 0.5) is 14.5 Å². The Morgan fingerprint density at radius 3 is 2.42 bits per heavy atom. The lowest BCUT2D eigenvalue weighted by molar-refractivity contribution is 0.0167. The number of alkyl halides is 2. The van der Waals surface area contributed by atoms with Crippen LogP contribution < -0.4 is 5.73 Å². The first-order valence-electron chi connectivity index (χ1n) is 3.34. The minimum atomic E-state index is -2.85. The van der Waals surface area contributed by atoms with Crippen LogP contribution in [0.3, 0.4) is 0 Å². The van der Waals surface area contributed by atoms with Crippen molar-refractivity contribution in [3.8, 4) is 0 Å². The van der Waals surface area contributed by atoms with Crippen LogP contribution in [0.5, 0.6) is 0 Å². The Bertz CT molecular complexity index is 294. The van der Waals surface area contributed by atoms with Crippen molar-refractivity contribution < 1.29 is 8.78 Å². The van der Waals surface area contributed by atoms with Gasteiger partial charge in [0.25, 0.3) is 5.92 Å². The maximum Gasteiger partial charge on any atom is 0.271 e. The molecule has 0 bridgehead atoms. The van der Waals surface area contributed by atoms with Gasteiger partial charge in [0.1, 0.15) is 0 Å². The average molecular weight is 236 g/mol. The number of nitrogens with two attached hydrogens (primary N) is 1. The maximum absolute atomic E-state index is 12.8. The van der Waals surface area contributed by atoms with Crippen LogP contribution in [-0.2, 0) is 5.92 Å². The molecule has 0 aliphatic heterocycles. The van der Waals surface area contributed by atoms with Gasteiger partial charge in [-0.3, -0.25) is 0 Å². The molecule has 0 aliphatic rings. The molecular formula is C8H8BrF2N. The van der Waals surface area contributed by atoms with Crippen molar-refractivity contribution in [2.75, 3.05) is 5.73 Å². The summed E-state index contributed by atoms with van der Waals surface area (Å²) >= 11 is 3.03. The molecule has 0 fully saturated rings. The monoisotopic (exact) mass is 235 g/mol. The van der Waals surface area contributed by atoms with Crippen molar-refractivity contribution in [3.05, 3.63) is 28.2 Å². The quantitative estimate of drug-likeness (QED) is 0.744. The van der Waals surface area contributed by atoms with Crippen molar-refractivity contribution >= 4 is 21.6 Å². The summed E-state index contributed by atoms with van der Waals surface area (Å²) < 4.78 is 26.0. The molecule has 0 unspecified atom stereocenters. The van der Waals surface area contributed by atoms with Crippen LogP contribution in [0.2, 0.25) is 0 Å². The summed E-state index contributed by atoms with van der Waals surface area (Å²) in [4.78, 5) is 0. The second-order valence-electron chi connectivity index (χ2n) is 2.63. The molecule has 2 N–H and O–H groups in total. The highest BCUT2D eigenvalue weighted by atomic mass is 79.9. The summed E-state index contributed by atoms with van der Waals surface area (Å²) in [5, 5.41) is 0. The van der Waals surface area contributed by atoms with E-state index in [2.05, 4.69) is 15.9 Å². The highest BCUT2D eigenvalue weighted by Gasteiger charge is 2.26. The first-order valence-corrected chi connectivity index (χ1v) is 4.14. The molecule has 0 saturated heterocycles. The molecule has 0 saturated carbocycles. The number of nitrogen functional groups attached to an aromatic ring is 1. The van der Waals surface area contributed by atoms with Crippen molar-refractivity contribution in [1.29, 1.82) is 0 Å². The predicted octanol–water partition coefficient (Wildman–Crippen LogP) is 3.14. The van der Waals surface area contributed by atoms with E-state index in [1.807, 2.05) is 0 Å². The van der Waals surface area contributed by atoms with Crippen molar-refractivity contribution in [2.24, 2.45) is 0 Å². The van der Waals surface area contributed by atoms with Gasteiger partial charge in [0.15, 0.2) is 0 Å². The second kappa shape index (κ2) is 3.01. The number of benzene rings is 1. The van der Waals surface area contributed by atoms with Gasteiger partial charge < -0.3 is 5.73 Å². The summed E-state index contributed by atoms with van der Waals surface area (Å²) in [6.45, 7) is 0.840. The van der Waals surface area contributed by atoms with Gasteiger partial charge >= 0.3 is 0 Å². The zero-order valence-corrected chi connectivity index (χ0v) is 8.03. The number of hydrogen-bond acceptors (Lipinski definition) is 1. The Hall–Kier alpha value is -0.640. The second-order valence-corrected chi connectivity index (χ2v) is 3.48. The normalized spacial score (nSPS) is 11.7. The zero-order chi connectivity index (χ0) is 9.35. The molecule has 1 aromatic rings. The third-order valence-electron chi connectivity index (χ3n) is 1.46. The summed E-state index contributed by atoms with van der Waals surface area (Å²) in [6.07, 6.45) is 0. The van der Waals surface area contributed by atoms with E-state index in [0.717, 1.165) is 6.92 Å². The van der Waals surface area contributed by atoms with Gasteiger partial charge in [-0.1, -0.05) is 15.9 Å². The fourth-order valence-electron chi connectivity index (χ4n) is 0.879. The van der Waals surface area contributed by atoms with Gasteiger partial charge in [-0.15, -0.1) is 0 Å². The molecule has 1 aromatic carbocycles. The molecule has 0 aromatic heterocycles. The number of halogens is 3.